The Labute approximate surface area is 239 Å². The molecule has 0 aromatic heterocycles. The number of halogens is 3. The fourth-order valence-corrected chi connectivity index (χ4v) is 5.88. The number of alkyl halides is 3. The van der Waals surface area contributed by atoms with Crippen LogP contribution in [-0.2, 0) is 26.8 Å². The second-order valence-electron chi connectivity index (χ2n) is 9.72. The third-order valence-electron chi connectivity index (χ3n) is 6.88. The number of aliphatic imine (C=N–C) groups is 1. The van der Waals surface area contributed by atoms with Gasteiger partial charge in [0.15, 0.2) is 27.6 Å². The van der Waals surface area contributed by atoms with Crippen LogP contribution in [0.1, 0.15) is 47.6 Å². The minimum absolute atomic E-state index is 0.0329. The number of benzene rings is 3. The van der Waals surface area contributed by atoms with Gasteiger partial charge in [0.1, 0.15) is 12.6 Å². The van der Waals surface area contributed by atoms with E-state index in [1.54, 1.807) is 36.4 Å². The van der Waals surface area contributed by atoms with E-state index >= 15 is 0 Å². The molecule has 1 fully saturated rings. The lowest BCUT2D eigenvalue weighted by atomic mass is 10.1. The number of methoxy groups -OCH3 is 2. The number of aryl methyl sites for hydroxylation is 1. The van der Waals surface area contributed by atoms with Gasteiger partial charge in [0.25, 0.3) is 0 Å². The zero-order chi connectivity index (χ0) is 29.1. The van der Waals surface area contributed by atoms with Crippen molar-refractivity contribution in [1.82, 2.24) is 0 Å². The summed E-state index contributed by atoms with van der Waals surface area (Å²) in [5.41, 5.74) is 0.959. The monoisotopic (exact) mass is 589 g/mol. The second kappa shape index (κ2) is 12.2. The SMILES string of the molecule is COc1cc([C@H]2COC(c3ccc(C(F)(F)F)cc3[S@@+]([O-])c3ccc(C)cc3)=N2)cc(OC)c1OC1CCCCO1. The Bertz CT molecular complexity index is 1380. The largest absolute Gasteiger partial charge is 0.606 e. The van der Waals surface area contributed by atoms with E-state index in [1.165, 1.54) is 20.3 Å². The minimum atomic E-state index is -4.61. The average Bonchev–Trinajstić information content (AvgIpc) is 3.47. The second-order valence-corrected chi connectivity index (χ2v) is 11.2. The van der Waals surface area contributed by atoms with Gasteiger partial charge in [-0.15, -0.1) is 0 Å². The van der Waals surface area contributed by atoms with E-state index in [9.17, 15) is 17.7 Å². The molecule has 41 heavy (non-hydrogen) atoms. The zero-order valence-corrected chi connectivity index (χ0v) is 23.6. The predicted molar refractivity (Wildman–Crippen MR) is 146 cm³/mol. The molecule has 0 amide bonds. The Morgan fingerprint density at radius 3 is 2.29 bits per heavy atom. The van der Waals surface area contributed by atoms with E-state index < -0.39 is 35.2 Å². The van der Waals surface area contributed by atoms with Gasteiger partial charge in [-0.3, -0.25) is 0 Å². The lowest BCUT2D eigenvalue weighted by Crippen LogP contribution is -2.25. The summed E-state index contributed by atoms with van der Waals surface area (Å²) >= 11 is -1.91. The molecule has 0 bridgehead atoms. The van der Waals surface area contributed by atoms with Crippen LogP contribution in [0.2, 0.25) is 0 Å². The molecule has 1 saturated heterocycles. The molecule has 2 heterocycles. The number of rotatable bonds is 8. The fourth-order valence-electron chi connectivity index (χ4n) is 4.65. The molecule has 2 aliphatic heterocycles. The highest BCUT2D eigenvalue weighted by Gasteiger charge is 2.36. The van der Waals surface area contributed by atoms with Crippen molar-refractivity contribution in [1.29, 1.82) is 0 Å². The Morgan fingerprint density at radius 1 is 0.976 bits per heavy atom. The molecule has 0 aliphatic carbocycles. The van der Waals surface area contributed by atoms with Crippen molar-refractivity contribution in [3.05, 3.63) is 76.9 Å². The van der Waals surface area contributed by atoms with E-state index in [2.05, 4.69) is 4.99 Å². The number of hydrogen-bond donors (Lipinski definition) is 0. The quantitative estimate of drug-likeness (QED) is 0.275. The molecular weight excluding hydrogens is 559 g/mol. The third kappa shape index (κ3) is 6.42. The van der Waals surface area contributed by atoms with Crippen molar-refractivity contribution in [2.75, 3.05) is 27.4 Å². The van der Waals surface area contributed by atoms with E-state index in [1.807, 2.05) is 6.92 Å². The zero-order valence-electron chi connectivity index (χ0n) is 22.8. The molecule has 0 radical (unpaired) electrons. The van der Waals surface area contributed by atoms with Gasteiger partial charge in [-0.25, -0.2) is 4.99 Å². The first kappa shape index (κ1) is 29.1. The summed E-state index contributed by atoms with van der Waals surface area (Å²) in [6, 6.07) is 12.9. The van der Waals surface area contributed by atoms with Gasteiger partial charge in [-0.1, -0.05) is 17.7 Å². The average molecular weight is 590 g/mol. The van der Waals surface area contributed by atoms with Crippen LogP contribution >= 0.6 is 0 Å². The van der Waals surface area contributed by atoms with E-state index in [-0.39, 0.29) is 23.0 Å². The van der Waals surface area contributed by atoms with Crippen molar-refractivity contribution in [2.45, 2.75) is 54.5 Å². The molecule has 11 heteroatoms. The lowest BCUT2D eigenvalue weighted by molar-refractivity contribution is -0.137. The fraction of sp³-hybridized carbons (Fsp3) is 0.367. The summed E-state index contributed by atoms with van der Waals surface area (Å²) in [6.07, 6.45) is -2.30. The van der Waals surface area contributed by atoms with E-state index in [4.69, 9.17) is 23.7 Å². The standard InChI is InChI=1S/C30H30F3NO6S/c1-18-7-10-21(11-8-18)41(35)26-16-20(30(31,32)33)9-12-22(26)29-34-23(17-39-29)19-14-24(36-2)28(25(15-19)37-3)40-27-6-4-5-13-38-27/h7-12,14-16,23,27H,4-6,13,17H2,1-3H3/t23-,27?,41+/m1/s1. The molecule has 3 aromatic carbocycles. The summed E-state index contributed by atoms with van der Waals surface area (Å²) in [4.78, 5) is 5.01. The molecule has 0 spiro atoms. The van der Waals surface area contributed by atoms with Crippen LogP contribution in [-0.4, -0.2) is 44.2 Å². The molecule has 3 aromatic rings. The van der Waals surface area contributed by atoms with Crippen molar-refractivity contribution < 1.29 is 41.4 Å². The van der Waals surface area contributed by atoms with Crippen LogP contribution in [0.4, 0.5) is 13.2 Å². The summed E-state index contributed by atoms with van der Waals surface area (Å²) in [5, 5.41) is 0. The Morgan fingerprint density at radius 2 is 1.68 bits per heavy atom. The Hall–Kier alpha value is -3.41. The summed E-state index contributed by atoms with van der Waals surface area (Å²) in [6.45, 7) is 2.60. The van der Waals surface area contributed by atoms with Gasteiger partial charge in [-0.05, 0) is 61.7 Å². The molecule has 7 nitrogen and oxygen atoms in total. The number of hydrogen-bond acceptors (Lipinski definition) is 7. The van der Waals surface area contributed by atoms with Crippen LogP contribution in [0.25, 0.3) is 0 Å². The summed E-state index contributed by atoms with van der Waals surface area (Å²) in [7, 11) is 3.03. The van der Waals surface area contributed by atoms with Crippen LogP contribution in [0, 0.1) is 6.92 Å². The molecule has 2 aliphatic rings. The molecule has 0 N–H and O–H groups in total. The first-order valence-electron chi connectivity index (χ1n) is 13.1. The maximum absolute atomic E-state index is 13.6. The maximum atomic E-state index is 13.6. The molecule has 1 unspecified atom stereocenters. The van der Waals surface area contributed by atoms with Crippen molar-refractivity contribution in [3.63, 3.8) is 0 Å². The third-order valence-corrected chi connectivity index (χ3v) is 8.32. The highest BCUT2D eigenvalue weighted by Crippen LogP contribution is 2.43. The first-order chi connectivity index (χ1) is 19.7. The minimum Gasteiger partial charge on any atom is -0.606 e. The lowest BCUT2D eigenvalue weighted by Gasteiger charge is -2.25. The summed E-state index contributed by atoms with van der Waals surface area (Å²) in [5.74, 6) is 1.36. The topological polar surface area (TPSA) is 81.6 Å². The van der Waals surface area contributed by atoms with Gasteiger partial charge in [0.2, 0.25) is 11.6 Å². The van der Waals surface area contributed by atoms with Crippen molar-refractivity contribution in [3.8, 4) is 17.2 Å². The van der Waals surface area contributed by atoms with Crippen LogP contribution in [0.3, 0.4) is 0 Å². The maximum Gasteiger partial charge on any atom is 0.416 e. The predicted octanol–water partition coefficient (Wildman–Crippen LogP) is 6.62. The van der Waals surface area contributed by atoms with Gasteiger partial charge in [0.05, 0.1) is 32.0 Å². The molecule has 5 rings (SSSR count). The molecule has 3 atom stereocenters. The highest BCUT2D eigenvalue weighted by molar-refractivity contribution is 7.91. The number of ether oxygens (including phenoxy) is 5. The Kier molecular flexibility index (Phi) is 8.67. The molecular formula is C30H30F3NO6S. The molecule has 218 valence electrons. The van der Waals surface area contributed by atoms with E-state index in [0.717, 1.165) is 37.0 Å². The first-order valence-corrected chi connectivity index (χ1v) is 14.3. The van der Waals surface area contributed by atoms with Gasteiger partial charge < -0.3 is 28.2 Å². The van der Waals surface area contributed by atoms with Gasteiger partial charge >= 0.3 is 6.18 Å². The van der Waals surface area contributed by atoms with Crippen LogP contribution < -0.4 is 14.2 Å². The van der Waals surface area contributed by atoms with Crippen LogP contribution in [0.5, 0.6) is 17.2 Å². The normalized spacial score (nSPS) is 19.7. The van der Waals surface area contributed by atoms with Gasteiger partial charge in [-0.2, -0.15) is 13.2 Å². The highest BCUT2D eigenvalue weighted by atomic mass is 32.2. The summed E-state index contributed by atoms with van der Waals surface area (Å²) < 4.78 is 83.2. The smallest absolute Gasteiger partial charge is 0.416 e. The van der Waals surface area contributed by atoms with Crippen molar-refractivity contribution >= 4 is 17.1 Å². The van der Waals surface area contributed by atoms with Crippen molar-refractivity contribution in [2.24, 2.45) is 4.99 Å². The van der Waals surface area contributed by atoms with Crippen LogP contribution in [0.15, 0.2) is 69.4 Å². The Balaban J connectivity index is 1.49. The van der Waals surface area contributed by atoms with E-state index in [0.29, 0.717) is 34.3 Å². The number of nitrogens with zero attached hydrogens (tertiary/aromatic N) is 1. The molecule has 0 saturated carbocycles. The van der Waals surface area contributed by atoms with Gasteiger partial charge in [0, 0.05) is 23.7 Å².